The molecule has 0 atom stereocenters. The number of hydrogen-bond donors (Lipinski definition) is 0. The first-order valence-corrected chi connectivity index (χ1v) is 7.04. The van der Waals surface area contributed by atoms with Crippen LogP contribution in [0.25, 0.3) is 10.1 Å². The molecule has 0 bridgehead atoms. The molecule has 0 aliphatic rings. The second kappa shape index (κ2) is 3.70. The average Bonchev–Trinajstić information content (AvgIpc) is 2.41. The van der Waals surface area contributed by atoms with Crippen LogP contribution in [0.15, 0.2) is 22.0 Å². The molecule has 0 saturated carbocycles. The molecule has 0 N–H and O–H groups in total. The summed E-state index contributed by atoms with van der Waals surface area (Å²) in [5.41, 5.74) is 0. The van der Waals surface area contributed by atoms with Crippen molar-refractivity contribution in [1.29, 1.82) is 0 Å². The van der Waals surface area contributed by atoms with Gasteiger partial charge in [0.25, 0.3) is 0 Å². The van der Waals surface area contributed by atoms with Crippen LogP contribution in [0.1, 0.15) is 0 Å². The molecule has 0 nitrogen and oxygen atoms in total. The molecule has 0 spiro atoms. The van der Waals surface area contributed by atoms with Crippen LogP contribution in [0, 0.1) is 7.14 Å². The van der Waals surface area contributed by atoms with Gasteiger partial charge in [-0.05, 0) is 73.2 Å². The fourth-order valence-electron chi connectivity index (χ4n) is 1.03. The lowest BCUT2D eigenvalue weighted by molar-refractivity contribution is 1.68. The van der Waals surface area contributed by atoms with Gasteiger partial charge in [0, 0.05) is 27.1 Å². The Morgan fingerprint density at radius 1 is 1.25 bits per heavy atom. The van der Waals surface area contributed by atoms with Crippen LogP contribution in [-0.4, -0.2) is 0 Å². The molecule has 4 heteroatoms. The number of rotatable bonds is 0. The Labute approximate surface area is 110 Å². The second-order valence-electron chi connectivity index (χ2n) is 2.32. The minimum absolute atomic E-state index is 1.21. The Hall–Kier alpha value is 1.12. The molecule has 0 unspecified atom stereocenters. The summed E-state index contributed by atoms with van der Waals surface area (Å²) in [6.45, 7) is 0. The van der Waals surface area contributed by atoms with Crippen LogP contribution in [-0.2, 0) is 0 Å². The summed E-state index contributed by atoms with van der Waals surface area (Å²) in [4.78, 5) is 0. The molecule has 12 heavy (non-hydrogen) atoms. The Morgan fingerprint density at radius 3 is 2.75 bits per heavy atom. The maximum atomic E-state index is 3.55. The molecule has 62 valence electrons. The van der Waals surface area contributed by atoms with Crippen LogP contribution in [0.2, 0.25) is 0 Å². The van der Waals surface area contributed by atoms with E-state index < -0.39 is 0 Å². The van der Waals surface area contributed by atoms with Gasteiger partial charge < -0.3 is 0 Å². The molecule has 0 radical (unpaired) electrons. The summed E-state index contributed by atoms with van der Waals surface area (Å²) in [6, 6.07) is 4.34. The van der Waals surface area contributed by atoms with Crippen LogP contribution < -0.4 is 0 Å². The monoisotopic (exact) mass is 464 g/mol. The highest BCUT2D eigenvalue weighted by Crippen LogP contribution is 2.35. The fraction of sp³-hybridized carbons (Fsp3) is 0. The van der Waals surface area contributed by atoms with E-state index in [1.165, 1.54) is 21.7 Å². The van der Waals surface area contributed by atoms with Crippen molar-refractivity contribution in [3.8, 4) is 0 Å². The third-order valence-corrected chi connectivity index (χ3v) is 6.51. The zero-order chi connectivity index (χ0) is 8.72. The van der Waals surface area contributed by atoms with Gasteiger partial charge in [0.05, 0.1) is 0 Å². The van der Waals surface area contributed by atoms with Gasteiger partial charge in [-0.25, -0.2) is 0 Å². The van der Waals surface area contributed by atoms with Gasteiger partial charge in [0.1, 0.15) is 0 Å². The lowest BCUT2D eigenvalue weighted by Gasteiger charge is -1.97. The molecule has 2 rings (SSSR count). The summed E-state index contributed by atoms with van der Waals surface area (Å²) in [5, 5.41) is 3.50. The lowest BCUT2D eigenvalue weighted by atomic mass is 10.3. The van der Waals surface area contributed by atoms with Crippen molar-refractivity contribution in [3.05, 3.63) is 29.1 Å². The molecule has 2 aromatic rings. The predicted molar refractivity (Wildman–Crippen MR) is 75.0 cm³/mol. The van der Waals surface area contributed by atoms with Gasteiger partial charge in [-0.2, -0.15) is 0 Å². The summed E-state index contributed by atoms with van der Waals surface area (Å²) < 4.78 is 5.23. The van der Waals surface area contributed by atoms with E-state index in [4.69, 9.17) is 0 Å². The maximum Gasteiger partial charge on any atom is 0.0372 e. The molecule has 1 heterocycles. The van der Waals surface area contributed by atoms with Crippen LogP contribution >= 0.6 is 72.4 Å². The van der Waals surface area contributed by atoms with E-state index in [0.29, 0.717) is 0 Å². The van der Waals surface area contributed by atoms with E-state index in [-0.39, 0.29) is 0 Å². The fourth-order valence-corrected chi connectivity index (χ4v) is 4.44. The Morgan fingerprint density at radius 2 is 2.00 bits per heavy atom. The van der Waals surface area contributed by atoms with Gasteiger partial charge in [0.2, 0.25) is 0 Å². The molecular weight excluding hydrogens is 462 g/mol. The Balaban J connectivity index is 2.96. The molecule has 0 aliphatic carbocycles. The number of hydrogen-bond acceptors (Lipinski definition) is 1. The van der Waals surface area contributed by atoms with Crippen molar-refractivity contribution in [3.63, 3.8) is 0 Å². The average molecular weight is 465 g/mol. The molecule has 1 aromatic heterocycles. The van der Waals surface area contributed by atoms with E-state index in [9.17, 15) is 0 Å². The van der Waals surface area contributed by atoms with Gasteiger partial charge in [-0.3, -0.25) is 0 Å². The zero-order valence-electron chi connectivity index (χ0n) is 5.77. The van der Waals surface area contributed by atoms with E-state index >= 15 is 0 Å². The minimum Gasteiger partial charge on any atom is -0.143 e. The quantitative estimate of drug-likeness (QED) is 0.488. The first-order valence-electron chi connectivity index (χ1n) is 3.21. The summed E-state index contributed by atoms with van der Waals surface area (Å²) in [7, 11) is 0. The SMILES string of the molecule is Brc1csc2ccc(I)c(I)c12. The number of thiophene rings is 1. The van der Waals surface area contributed by atoms with Crippen molar-refractivity contribution in [1.82, 2.24) is 0 Å². The third-order valence-electron chi connectivity index (χ3n) is 1.58. The maximum absolute atomic E-state index is 3.55. The summed E-state index contributed by atoms with van der Waals surface area (Å²) >= 11 is 10.1. The van der Waals surface area contributed by atoms with E-state index in [1.54, 1.807) is 11.3 Å². The van der Waals surface area contributed by atoms with E-state index in [2.05, 4.69) is 78.6 Å². The van der Waals surface area contributed by atoms with Crippen molar-refractivity contribution in [2.75, 3.05) is 0 Å². The first-order chi connectivity index (χ1) is 5.70. The van der Waals surface area contributed by atoms with Crippen LogP contribution in [0.3, 0.4) is 0 Å². The van der Waals surface area contributed by atoms with Crippen molar-refractivity contribution in [2.45, 2.75) is 0 Å². The predicted octanol–water partition coefficient (Wildman–Crippen LogP) is 4.87. The van der Waals surface area contributed by atoms with Crippen LogP contribution in [0.4, 0.5) is 0 Å². The minimum atomic E-state index is 1.21. The van der Waals surface area contributed by atoms with Crippen molar-refractivity contribution in [2.24, 2.45) is 0 Å². The highest BCUT2D eigenvalue weighted by molar-refractivity contribution is 14.1. The van der Waals surface area contributed by atoms with E-state index in [0.717, 1.165) is 0 Å². The molecule has 1 aromatic carbocycles. The zero-order valence-corrected chi connectivity index (χ0v) is 12.5. The normalized spacial score (nSPS) is 10.9. The molecule has 0 aliphatic heterocycles. The highest BCUT2D eigenvalue weighted by atomic mass is 127. The molecule has 0 amide bonds. The molecule has 0 fully saturated rings. The number of halogens is 3. The first kappa shape index (κ1) is 9.67. The van der Waals surface area contributed by atoms with Gasteiger partial charge in [0.15, 0.2) is 0 Å². The standard InChI is InChI=1S/C8H3BrI2S/c9-4-3-12-6-2-1-5(10)8(11)7(4)6/h1-3H. The topological polar surface area (TPSA) is 0 Å². The van der Waals surface area contributed by atoms with Gasteiger partial charge in [-0.15, -0.1) is 11.3 Å². The second-order valence-corrected chi connectivity index (χ2v) is 6.32. The highest BCUT2D eigenvalue weighted by Gasteiger charge is 2.07. The summed E-state index contributed by atoms with van der Waals surface area (Å²) in [5.74, 6) is 0. The molecule has 0 saturated heterocycles. The molecular formula is C8H3BrI2S. The number of benzene rings is 1. The van der Waals surface area contributed by atoms with E-state index in [1.807, 2.05) is 0 Å². The van der Waals surface area contributed by atoms with Crippen LogP contribution in [0.5, 0.6) is 0 Å². The Kier molecular flexibility index (Phi) is 2.98. The summed E-state index contributed by atoms with van der Waals surface area (Å²) in [6.07, 6.45) is 0. The Bertz CT molecular complexity index is 436. The third kappa shape index (κ3) is 1.55. The van der Waals surface area contributed by atoms with Crippen molar-refractivity contribution >= 4 is 82.5 Å². The van der Waals surface area contributed by atoms with Gasteiger partial charge >= 0.3 is 0 Å². The van der Waals surface area contributed by atoms with Crippen molar-refractivity contribution < 1.29 is 0 Å². The largest absolute Gasteiger partial charge is 0.143 e. The lowest BCUT2D eigenvalue weighted by Crippen LogP contribution is -1.78. The number of fused-ring (bicyclic) bond motifs is 1. The smallest absolute Gasteiger partial charge is 0.0372 e. The van der Waals surface area contributed by atoms with Gasteiger partial charge in [-0.1, -0.05) is 0 Å².